The molecule has 0 aliphatic carbocycles. The highest BCUT2D eigenvalue weighted by atomic mass is 16.7. The molecule has 0 aliphatic heterocycles. The van der Waals surface area contributed by atoms with E-state index in [0.29, 0.717) is 0 Å². The molecule has 0 saturated heterocycles. The van der Waals surface area contributed by atoms with E-state index in [-0.39, 0.29) is 0 Å². The number of hydrogen-bond donors (Lipinski definition) is 0. The third-order valence-electron chi connectivity index (χ3n) is 1.05. The molecule has 0 bridgehead atoms. The Labute approximate surface area is 64.5 Å². The number of hydrogen-bond acceptors (Lipinski definition) is 2. The van der Waals surface area contributed by atoms with E-state index in [9.17, 15) is 4.79 Å². The molecule has 0 aromatic carbocycles. The zero-order chi connectivity index (χ0) is 8.10. The van der Waals surface area contributed by atoms with E-state index in [4.69, 9.17) is 4.84 Å². The lowest BCUT2D eigenvalue weighted by atomic mass is 10.5. The lowest BCUT2D eigenvalue weighted by molar-refractivity contribution is -0.868. The Kier molecular flexibility index (Phi) is 2.38. The lowest BCUT2D eigenvalue weighted by Crippen LogP contribution is -2.44. The van der Waals surface area contributed by atoms with Crippen LogP contribution in [0.1, 0.15) is 0 Å². The van der Waals surface area contributed by atoms with E-state index in [1.165, 1.54) is 4.73 Å². The summed E-state index contributed by atoms with van der Waals surface area (Å²) in [5.74, 6) is -0.471. The van der Waals surface area contributed by atoms with Gasteiger partial charge in [-0.2, -0.15) is 4.84 Å². The molecule has 0 radical (unpaired) electrons. The second-order valence-corrected chi connectivity index (χ2v) is 1.85. The van der Waals surface area contributed by atoms with E-state index in [1.807, 2.05) is 6.07 Å². The van der Waals surface area contributed by atoms with E-state index in [2.05, 4.69) is 6.58 Å². The first-order valence-corrected chi connectivity index (χ1v) is 3.14. The molecule has 0 N–H and O–H groups in total. The number of carbonyl (C=O) groups excluding carboxylic acids is 1. The van der Waals surface area contributed by atoms with Gasteiger partial charge >= 0.3 is 5.97 Å². The van der Waals surface area contributed by atoms with Crippen LogP contribution in [-0.2, 0) is 4.79 Å². The highest BCUT2D eigenvalue weighted by molar-refractivity contribution is 5.80. The second kappa shape index (κ2) is 3.51. The number of nitrogens with zero attached hydrogens (tertiary/aromatic N) is 1. The summed E-state index contributed by atoms with van der Waals surface area (Å²) < 4.78 is 1.31. The van der Waals surface area contributed by atoms with Crippen molar-refractivity contribution in [3.05, 3.63) is 43.2 Å². The van der Waals surface area contributed by atoms with E-state index >= 15 is 0 Å². The van der Waals surface area contributed by atoms with Gasteiger partial charge in [-0.05, 0) is 0 Å². The first-order valence-electron chi connectivity index (χ1n) is 3.14. The van der Waals surface area contributed by atoms with E-state index in [0.717, 1.165) is 6.08 Å². The van der Waals surface area contributed by atoms with E-state index in [1.54, 1.807) is 24.5 Å². The molecule has 0 fully saturated rings. The zero-order valence-corrected chi connectivity index (χ0v) is 5.93. The lowest BCUT2D eigenvalue weighted by Gasteiger charge is -1.88. The minimum Gasteiger partial charge on any atom is -0.239 e. The Morgan fingerprint density at radius 1 is 1.36 bits per heavy atom. The SMILES string of the molecule is C=CC(=O)O[n+]1ccccc1. The summed E-state index contributed by atoms with van der Waals surface area (Å²) >= 11 is 0. The molecule has 0 aliphatic rings. The molecule has 3 nitrogen and oxygen atoms in total. The summed E-state index contributed by atoms with van der Waals surface area (Å²) in [7, 11) is 0. The molecule has 1 aromatic rings. The average molecular weight is 150 g/mol. The van der Waals surface area contributed by atoms with Crippen LogP contribution in [0.5, 0.6) is 0 Å². The molecule has 0 unspecified atom stereocenters. The fourth-order valence-corrected chi connectivity index (χ4v) is 0.585. The largest absolute Gasteiger partial charge is 0.403 e. The van der Waals surface area contributed by atoms with Gasteiger partial charge in [-0.3, -0.25) is 0 Å². The smallest absolute Gasteiger partial charge is 0.239 e. The standard InChI is InChI=1S/C8H8NO2/c1-2-8(10)11-9-6-4-3-5-7-9/h2-7H,1H2/q+1. The summed E-state index contributed by atoms with van der Waals surface area (Å²) in [5.41, 5.74) is 0. The molecule has 11 heavy (non-hydrogen) atoms. The summed E-state index contributed by atoms with van der Waals surface area (Å²) in [6.07, 6.45) is 4.36. The summed E-state index contributed by atoms with van der Waals surface area (Å²) in [6, 6.07) is 5.35. The van der Waals surface area contributed by atoms with Crippen molar-refractivity contribution in [1.29, 1.82) is 0 Å². The van der Waals surface area contributed by atoms with Crippen molar-refractivity contribution in [2.24, 2.45) is 0 Å². The molecule has 0 atom stereocenters. The van der Waals surface area contributed by atoms with Crippen molar-refractivity contribution in [3.63, 3.8) is 0 Å². The fourth-order valence-electron chi connectivity index (χ4n) is 0.585. The number of carbonyl (C=O) groups is 1. The molecule has 1 rings (SSSR count). The van der Waals surface area contributed by atoms with Crippen molar-refractivity contribution in [1.82, 2.24) is 0 Å². The van der Waals surface area contributed by atoms with Gasteiger partial charge < -0.3 is 0 Å². The Balaban J connectivity index is 2.65. The fraction of sp³-hybridized carbons (Fsp3) is 0. The van der Waals surface area contributed by atoms with Crippen molar-refractivity contribution in [2.45, 2.75) is 0 Å². The summed E-state index contributed by atoms with van der Waals surface area (Å²) in [6.45, 7) is 3.27. The maximum absolute atomic E-state index is 10.6. The predicted octanol–water partition coefficient (Wildman–Crippen LogP) is 0.115. The monoisotopic (exact) mass is 150 g/mol. The molecular weight excluding hydrogens is 142 g/mol. The average Bonchev–Trinajstić information content (AvgIpc) is 2.06. The van der Waals surface area contributed by atoms with Gasteiger partial charge in [0.25, 0.3) is 0 Å². The highest BCUT2D eigenvalue weighted by Crippen LogP contribution is 1.75. The van der Waals surface area contributed by atoms with Gasteiger partial charge in [-0.1, -0.05) is 12.6 Å². The van der Waals surface area contributed by atoms with E-state index < -0.39 is 5.97 Å². The molecule has 0 saturated carbocycles. The predicted molar refractivity (Wildman–Crippen MR) is 38.4 cm³/mol. The van der Waals surface area contributed by atoms with Crippen molar-refractivity contribution in [3.8, 4) is 0 Å². The van der Waals surface area contributed by atoms with Crippen LogP contribution in [0.4, 0.5) is 0 Å². The van der Waals surface area contributed by atoms with Crippen LogP contribution in [0.3, 0.4) is 0 Å². The Bertz CT molecular complexity index is 256. The first-order chi connectivity index (χ1) is 5.33. The molecule has 1 aromatic heterocycles. The minimum absolute atomic E-state index is 0.471. The number of pyridine rings is 1. The van der Waals surface area contributed by atoms with Gasteiger partial charge in [0, 0.05) is 22.9 Å². The summed E-state index contributed by atoms with van der Waals surface area (Å²) in [5, 5.41) is 0. The van der Waals surface area contributed by atoms with Crippen molar-refractivity contribution in [2.75, 3.05) is 0 Å². The molecule has 0 spiro atoms. The van der Waals surface area contributed by atoms with Gasteiger partial charge in [0.05, 0.1) is 0 Å². The molecule has 3 heteroatoms. The molecular formula is C8H8NO2+. The van der Waals surface area contributed by atoms with Crippen LogP contribution >= 0.6 is 0 Å². The minimum atomic E-state index is -0.471. The van der Waals surface area contributed by atoms with Crippen LogP contribution in [0.15, 0.2) is 43.2 Å². The van der Waals surface area contributed by atoms with Crippen LogP contribution in [0, 0.1) is 0 Å². The van der Waals surface area contributed by atoms with Crippen LogP contribution in [0.25, 0.3) is 0 Å². The Morgan fingerprint density at radius 2 is 2.00 bits per heavy atom. The molecule has 56 valence electrons. The number of rotatable bonds is 2. The van der Waals surface area contributed by atoms with Gasteiger partial charge in [0.1, 0.15) is 0 Å². The Hall–Kier alpha value is -1.64. The van der Waals surface area contributed by atoms with Gasteiger partial charge in [0.2, 0.25) is 12.4 Å². The summed E-state index contributed by atoms with van der Waals surface area (Å²) in [4.78, 5) is 15.3. The van der Waals surface area contributed by atoms with Crippen molar-refractivity contribution < 1.29 is 14.4 Å². The quantitative estimate of drug-likeness (QED) is 0.442. The first kappa shape index (κ1) is 7.47. The van der Waals surface area contributed by atoms with Crippen LogP contribution in [-0.4, -0.2) is 5.97 Å². The topological polar surface area (TPSA) is 30.2 Å². The second-order valence-electron chi connectivity index (χ2n) is 1.85. The Morgan fingerprint density at radius 3 is 2.55 bits per heavy atom. The molecule has 0 amide bonds. The van der Waals surface area contributed by atoms with Crippen LogP contribution < -0.4 is 9.57 Å². The highest BCUT2D eigenvalue weighted by Gasteiger charge is 2.03. The van der Waals surface area contributed by atoms with Gasteiger partial charge in [-0.15, -0.1) is 0 Å². The number of aromatic nitrogens is 1. The van der Waals surface area contributed by atoms with Gasteiger partial charge in [0.15, 0.2) is 0 Å². The molecule has 1 heterocycles. The van der Waals surface area contributed by atoms with Crippen molar-refractivity contribution >= 4 is 5.97 Å². The normalized spacial score (nSPS) is 8.73. The zero-order valence-electron chi connectivity index (χ0n) is 5.93. The van der Waals surface area contributed by atoms with Gasteiger partial charge in [-0.25, -0.2) is 4.79 Å². The van der Waals surface area contributed by atoms with Crippen LogP contribution in [0.2, 0.25) is 0 Å². The third-order valence-corrected chi connectivity index (χ3v) is 1.05. The third kappa shape index (κ3) is 2.21. The maximum Gasteiger partial charge on any atom is 0.403 e. The maximum atomic E-state index is 10.6.